The molecule has 0 aliphatic rings. The second kappa shape index (κ2) is 4.36. The van der Waals surface area contributed by atoms with Gasteiger partial charge in [0.1, 0.15) is 12.3 Å². The molecule has 96 valence electrons. The Hall–Kier alpha value is -1.98. The van der Waals surface area contributed by atoms with Gasteiger partial charge in [0.25, 0.3) is 0 Å². The van der Waals surface area contributed by atoms with Crippen LogP contribution in [-0.2, 0) is 6.54 Å². The molecule has 0 spiro atoms. The van der Waals surface area contributed by atoms with Crippen molar-refractivity contribution in [2.24, 2.45) is 0 Å². The molecule has 0 aliphatic carbocycles. The largest absolute Gasteiger partial charge is 0.508 e. The zero-order chi connectivity index (χ0) is 13.3. The fraction of sp³-hybridized carbons (Fsp3) is 0.250. The molecule has 6 heteroatoms. The van der Waals surface area contributed by atoms with Crippen LogP contribution < -0.4 is 0 Å². The Morgan fingerprint density at radius 2 is 2.00 bits per heavy atom. The van der Waals surface area contributed by atoms with E-state index in [9.17, 15) is 18.3 Å². The standard InChI is InChI=1S/C12H11F3N2O/c1-8-2-3-9(4-11(8)18)10-5-16-17(6-10)7-12(13,14)15/h2-6,18H,7H2,1H3. The summed E-state index contributed by atoms with van der Waals surface area (Å²) in [4.78, 5) is 0. The van der Waals surface area contributed by atoms with E-state index in [4.69, 9.17) is 0 Å². The van der Waals surface area contributed by atoms with Gasteiger partial charge in [-0.3, -0.25) is 4.68 Å². The van der Waals surface area contributed by atoms with Crippen LogP contribution in [-0.4, -0.2) is 21.1 Å². The fourth-order valence-electron chi connectivity index (χ4n) is 1.57. The third-order valence-corrected chi connectivity index (χ3v) is 2.52. The van der Waals surface area contributed by atoms with Crippen LogP contribution in [0.25, 0.3) is 11.1 Å². The van der Waals surface area contributed by atoms with Crippen molar-refractivity contribution in [2.45, 2.75) is 19.6 Å². The highest BCUT2D eigenvalue weighted by Crippen LogP contribution is 2.26. The van der Waals surface area contributed by atoms with E-state index in [0.717, 1.165) is 4.68 Å². The molecule has 0 radical (unpaired) electrons. The Balaban J connectivity index is 2.26. The maximum Gasteiger partial charge on any atom is 0.408 e. The minimum absolute atomic E-state index is 0.107. The zero-order valence-corrected chi connectivity index (χ0v) is 9.57. The summed E-state index contributed by atoms with van der Waals surface area (Å²) in [5.74, 6) is 0.107. The van der Waals surface area contributed by atoms with Crippen LogP contribution in [0, 0.1) is 6.92 Å². The first-order chi connectivity index (χ1) is 8.35. The van der Waals surface area contributed by atoms with Gasteiger partial charge in [0.2, 0.25) is 0 Å². The number of halogens is 3. The molecule has 0 unspecified atom stereocenters. The summed E-state index contributed by atoms with van der Waals surface area (Å²) in [5.41, 5.74) is 1.88. The highest BCUT2D eigenvalue weighted by molar-refractivity contribution is 5.64. The van der Waals surface area contributed by atoms with Crippen molar-refractivity contribution in [3.05, 3.63) is 36.2 Å². The topological polar surface area (TPSA) is 38.0 Å². The summed E-state index contributed by atoms with van der Waals surface area (Å²) >= 11 is 0. The molecule has 0 aliphatic heterocycles. The number of aromatic nitrogens is 2. The van der Waals surface area contributed by atoms with Gasteiger partial charge in [-0.2, -0.15) is 18.3 Å². The molecule has 1 heterocycles. The second-order valence-electron chi connectivity index (χ2n) is 4.04. The number of phenols is 1. The van der Waals surface area contributed by atoms with E-state index in [2.05, 4.69) is 5.10 Å². The van der Waals surface area contributed by atoms with Crippen LogP contribution in [0.15, 0.2) is 30.6 Å². The van der Waals surface area contributed by atoms with Crippen molar-refractivity contribution >= 4 is 0 Å². The third kappa shape index (κ3) is 2.82. The summed E-state index contributed by atoms with van der Waals surface area (Å²) in [6, 6.07) is 4.93. The number of rotatable bonds is 2. The molecule has 18 heavy (non-hydrogen) atoms. The van der Waals surface area contributed by atoms with Crippen LogP contribution in [0.1, 0.15) is 5.56 Å². The smallest absolute Gasteiger partial charge is 0.408 e. The molecule has 0 fully saturated rings. The number of hydrogen-bond donors (Lipinski definition) is 1. The van der Waals surface area contributed by atoms with Gasteiger partial charge in [-0.25, -0.2) is 0 Å². The first-order valence-corrected chi connectivity index (χ1v) is 5.24. The second-order valence-corrected chi connectivity index (χ2v) is 4.04. The quantitative estimate of drug-likeness (QED) is 0.896. The molecule has 1 aromatic heterocycles. The van der Waals surface area contributed by atoms with Crippen LogP contribution in [0.4, 0.5) is 13.2 Å². The number of alkyl halides is 3. The molecule has 3 nitrogen and oxygen atoms in total. The molecule has 0 bridgehead atoms. The van der Waals surface area contributed by atoms with E-state index in [1.165, 1.54) is 18.5 Å². The van der Waals surface area contributed by atoms with E-state index in [1.807, 2.05) is 0 Å². The molecule has 1 aromatic carbocycles. The van der Waals surface area contributed by atoms with Crippen LogP contribution >= 0.6 is 0 Å². The predicted molar refractivity (Wildman–Crippen MR) is 60.1 cm³/mol. The van der Waals surface area contributed by atoms with Crippen molar-refractivity contribution in [1.29, 1.82) is 0 Å². The first kappa shape index (κ1) is 12.5. The highest BCUT2D eigenvalue weighted by Gasteiger charge is 2.28. The van der Waals surface area contributed by atoms with Crippen molar-refractivity contribution in [2.75, 3.05) is 0 Å². The van der Waals surface area contributed by atoms with Crippen molar-refractivity contribution in [1.82, 2.24) is 9.78 Å². The average molecular weight is 256 g/mol. The maximum atomic E-state index is 12.2. The van der Waals surface area contributed by atoms with Crippen molar-refractivity contribution < 1.29 is 18.3 Å². The molecule has 1 N–H and O–H groups in total. The van der Waals surface area contributed by atoms with Crippen LogP contribution in [0.2, 0.25) is 0 Å². The molecule has 2 aromatic rings. The van der Waals surface area contributed by atoms with E-state index in [-0.39, 0.29) is 5.75 Å². The SMILES string of the molecule is Cc1ccc(-c2cnn(CC(F)(F)F)c2)cc1O. The summed E-state index contributed by atoms with van der Waals surface area (Å²) in [6.07, 6.45) is -1.65. The lowest BCUT2D eigenvalue weighted by Crippen LogP contribution is -2.17. The van der Waals surface area contributed by atoms with Gasteiger partial charge < -0.3 is 5.11 Å². The van der Waals surface area contributed by atoms with Crippen molar-refractivity contribution in [3.8, 4) is 16.9 Å². The minimum Gasteiger partial charge on any atom is -0.508 e. The summed E-state index contributed by atoms with van der Waals surface area (Å²) < 4.78 is 37.3. The van der Waals surface area contributed by atoms with E-state index in [0.29, 0.717) is 16.7 Å². The summed E-state index contributed by atoms with van der Waals surface area (Å²) in [5, 5.41) is 13.2. The fourth-order valence-corrected chi connectivity index (χ4v) is 1.57. The summed E-state index contributed by atoms with van der Waals surface area (Å²) in [7, 11) is 0. The van der Waals surface area contributed by atoms with Gasteiger partial charge in [-0.15, -0.1) is 0 Å². The lowest BCUT2D eigenvalue weighted by atomic mass is 10.1. The van der Waals surface area contributed by atoms with E-state index in [1.54, 1.807) is 19.1 Å². The van der Waals surface area contributed by atoms with Crippen molar-refractivity contribution in [3.63, 3.8) is 0 Å². The monoisotopic (exact) mass is 256 g/mol. The number of nitrogens with zero attached hydrogens (tertiary/aromatic N) is 2. The molecule has 2 rings (SSSR count). The van der Waals surface area contributed by atoms with Crippen LogP contribution in [0.3, 0.4) is 0 Å². The number of phenolic OH excluding ortho intramolecular Hbond substituents is 1. The molecule has 0 saturated heterocycles. The predicted octanol–water partition coefficient (Wildman–Crippen LogP) is 3.13. The third-order valence-electron chi connectivity index (χ3n) is 2.52. The molecule has 0 saturated carbocycles. The lowest BCUT2D eigenvalue weighted by Gasteiger charge is -2.05. The highest BCUT2D eigenvalue weighted by atomic mass is 19.4. The Labute approximate surface area is 101 Å². The van der Waals surface area contributed by atoms with E-state index < -0.39 is 12.7 Å². The molecular weight excluding hydrogens is 245 g/mol. The van der Waals surface area contributed by atoms with Gasteiger partial charge in [0.05, 0.1) is 6.20 Å². The van der Waals surface area contributed by atoms with Gasteiger partial charge in [-0.05, 0) is 24.1 Å². The normalized spacial score (nSPS) is 11.8. The zero-order valence-electron chi connectivity index (χ0n) is 9.57. The Morgan fingerprint density at radius 3 is 2.61 bits per heavy atom. The number of aryl methyl sites for hydroxylation is 1. The first-order valence-electron chi connectivity index (χ1n) is 5.24. The van der Waals surface area contributed by atoms with Gasteiger partial charge in [0, 0.05) is 11.8 Å². The molecular formula is C12H11F3N2O. The Kier molecular flexibility index (Phi) is 3.02. The lowest BCUT2D eigenvalue weighted by molar-refractivity contribution is -0.142. The van der Waals surface area contributed by atoms with Crippen LogP contribution in [0.5, 0.6) is 5.75 Å². The number of hydrogen-bond acceptors (Lipinski definition) is 2. The van der Waals surface area contributed by atoms with Gasteiger partial charge >= 0.3 is 6.18 Å². The summed E-state index contributed by atoms with van der Waals surface area (Å²) in [6.45, 7) is 0.622. The van der Waals surface area contributed by atoms with Gasteiger partial charge in [0.15, 0.2) is 0 Å². The Morgan fingerprint density at radius 1 is 1.28 bits per heavy atom. The van der Waals surface area contributed by atoms with Gasteiger partial charge in [-0.1, -0.05) is 12.1 Å². The average Bonchev–Trinajstić information content (AvgIpc) is 2.68. The Bertz CT molecular complexity index is 561. The minimum atomic E-state index is -4.29. The molecule has 0 atom stereocenters. The number of aromatic hydroxyl groups is 1. The molecule has 0 amide bonds. The number of benzene rings is 1. The maximum absolute atomic E-state index is 12.2. The van der Waals surface area contributed by atoms with E-state index >= 15 is 0 Å².